The molecule has 144 valence electrons. The first-order chi connectivity index (χ1) is 12.0. The Morgan fingerprint density at radius 2 is 1.20 bits per heavy atom. The van der Waals surface area contributed by atoms with Crippen molar-refractivity contribution < 1.29 is 8.42 Å². The molecule has 0 saturated heterocycles. The molecule has 0 aliphatic heterocycles. The summed E-state index contributed by atoms with van der Waals surface area (Å²) < 4.78 is 27.0. The standard InChI is InChI=1S/C19H31Cl2NO2S/c1-2-3-4-5-6-7-8-9-10-11-12-13-22-25(23,24)19-15-17(20)14-18(21)16-19/h14-16,22H,2-13H2,1H3. The molecular weight excluding hydrogens is 377 g/mol. The van der Waals surface area contributed by atoms with Crippen LogP contribution in [0.25, 0.3) is 0 Å². The quantitative estimate of drug-likeness (QED) is 0.353. The van der Waals surface area contributed by atoms with Crippen LogP contribution < -0.4 is 4.72 Å². The van der Waals surface area contributed by atoms with Crippen LogP contribution in [0.1, 0.15) is 77.6 Å². The fourth-order valence-electron chi connectivity index (χ4n) is 2.76. The third kappa shape index (κ3) is 10.4. The average Bonchev–Trinajstić information content (AvgIpc) is 2.55. The van der Waals surface area contributed by atoms with E-state index in [0.717, 1.165) is 12.8 Å². The SMILES string of the molecule is CCCCCCCCCCCCCNS(=O)(=O)c1cc(Cl)cc(Cl)c1. The minimum absolute atomic E-state index is 0.119. The Morgan fingerprint density at radius 3 is 1.68 bits per heavy atom. The van der Waals surface area contributed by atoms with Crippen LogP contribution >= 0.6 is 23.2 Å². The minimum Gasteiger partial charge on any atom is -0.211 e. The number of rotatable bonds is 14. The van der Waals surface area contributed by atoms with Gasteiger partial charge < -0.3 is 0 Å². The van der Waals surface area contributed by atoms with E-state index in [9.17, 15) is 8.42 Å². The summed E-state index contributed by atoms with van der Waals surface area (Å²) in [6, 6.07) is 4.35. The molecule has 1 rings (SSSR count). The first-order valence-electron chi connectivity index (χ1n) is 9.41. The van der Waals surface area contributed by atoms with E-state index in [-0.39, 0.29) is 4.90 Å². The van der Waals surface area contributed by atoms with Crippen molar-refractivity contribution >= 4 is 33.2 Å². The maximum atomic E-state index is 12.2. The minimum atomic E-state index is -3.54. The van der Waals surface area contributed by atoms with E-state index in [0.29, 0.717) is 16.6 Å². The fraction of sp³-hybridized carbons (Fsp3) is 0.684. The molecule has 0 fully saturated rings. The van der Waals surface area contributed by atoms with Gasteiger partial charge in [0.25, 0.3) is 0 Å². The van der Waals surface area contributed by atoms with E-state index >= 15 is 0 Å². The number of nitrogens with one attached hydrogen (secondary N) is 1. The lowest BCUT2D eigenvalue weighted by molar-refractivity contribution is 0.544. The molecule has 6 heteroatoms. The van der Waals surface area contributed by atoms with Crippen molar-refractivity contribution in [1.29, 1.82) is 0 Å². The van der Waals surface area contributed by atoms with Gasteiger partial charge in [-0.15, -0.1) is 0 Å². The molecule has 0 aliphatic rings. The van der Waals surface area contributed by atoms with Crippen molar-refractivity contribution in [3.63, 3.8) is 0 Å². The van der Waals surface area contributed by atoms with E-state index in [1.807, 2.05) is 0 Å². The maximum absolute atomic E-state index is 12.2. The molecular formula is C19H31Cl2NO2S. The van der Waals surface area contributed by atoms with E-state index in [1.54, 1.807) is 0 Å². The van der Waals surface area contributed by atoms with E-state index in [1.165, 1.54) is 76.0 Å². The second-order valence-corrected chi connectivity index (χ2v) is 9.18. The molecule has 0 aliphatic carbocycles. The lowest BCUT2D eigenvalue weighted by Gasteiger charge is -2.08. The zero-order valence-electron chi connectivity index (χ0n) is 15.2. The Kier molecular flexibility index (Phi) is 11.8. The van der Waals surface area contributed by atoms with E-state index in [4.69, 9.17) is 23.2 Å². The van der Waals surface area contributed by atoms with Gasteiger partial charge in [0.2, 0.25) is 10.0 Å². The Bertz CT molecular complexity index is 571. The topological polar surface area (TPSA) is 46.2 Å². The summed E-state index contributed by atoms with van der Waals surface area (Å²) in [6.07, 6.45) is 13.7. The summed E-state index contributed by atoms with van der Waals surface area (Å²) in [4.78, 5) is 0.119. The highest BCUT2D eigenvalue weighted by molar-refractivity contribution is 7.89. The molecule has 1 N–H and O–H groups in total. The number of unbranched alkanes of at least 4 members (excludes halogenated alkanes) is 10. The molecule has 0 atom stereocenters. The van der Waals surface area contributed by atoms with Crippen LogP contribution in [-0.2, 0) is 10.0 Å². The van der Waals surface area contributed by atoms with Crippen molar-refractivity contribution in [1.82, 2.24) is 4.72 Å². The molecule has 0 amide bonds. The Hall–Kier alpha value is -0.290. The van der Waals surface area contributed by atoms with Gasteiger partial charge in [0.05, 0.1) is 4.90 Å². The van der Waals surface area contributed by atoms with Gasteiger partial charge in [-0.25, -0.2) is 13.1 Å². The first kappa shape index (κ1) is 22.8. The second-order valence-electron chi connectivity index (χ2n) is 6.54. The molecule has 0 aromatic heterocycles. The van der Waals surface area contributed by atoms with Crippen molar-refractivity contribution in [2.24, 2.45) is 0 Å². The van der Waals surface area contributed by atoms with Gasteiger partial charge >= 0.3 is 0 Å². The van der Waals surface area contributed by atoms with Crippen LogP contribution in [0.5, 0.6) is 0 Å². The van der Waals surface area contributed by atoms with E-state index < -0.39 is 10.0 Å². The molecule has 0 radical (unpaired) electrons. The predicted molar refractivity (Wildman–Crippen MR) is 108 cm³/mol. The van der Waals surface area contributed by atoms with Crippen molar-refractivity contribution in [2.45, 2.75) is 82.4 Å². The molecule has 1 aromatic rings. The van der Waals surface area contributed by atoms with E-state index in [2.05, 4.69) is 11.6 Å². The zero-order valence-corrected chi connectivity index (χ0v) is 17.5. The highest BCUT2D eigenvalue weighted by atomic mass is 35.5. The van der Waals surface area contributed by atoms with Crippen LogP contribution in [0.4, 0.5) is 0 Å². The van der Waals surface area contributed by atoms with Crippen LogP contribution in [0.3, 0.4) is 0 Å². The third-order valence-electron chi connectivity index (χ3n) is 4.22. The Labute approximate surface area is 163 Å². The average molecular weight is 408 g/mol. The highest BCUT2D eigenvalue weighted by Crippen LogP contribution is 2.22. The van der Waals surface area contributed by atoms with Crippen molar-refractivity contribution in [2.75, 3.05) is 6.54 Å². The molecule has 3 nitrogen and oxygen atoms in total. The molecule has 0 saturated carbocycles. The lowest BCUT2D eigenvalue weighted by Crippen LogP contribution is -2.24. The monoisotopic (exact) mass is 407 g/mol. The summed E-state index contributed by atoms with van der Waals surface area (Å²) in [6.45, 7) is 2.69. The van der Waals surface area contributed by atoms with Gasteiger partial charge in [-0.2, -0.15) is 0 Å². The van der Waals surface area contributed by atoms with Crippen LogP contribution in [0, 0.1) is 0 Å². The van der Waals surface area contributed by atoms with Crippen molar-refractivity contribution in [3.05, 3.63) is 28.2 Å². The number of hydrogen-bond acceptors (Lipinski definition) is 2. The Morgan fingerprint density at radius 1 is 0.760 bits per heavy atom. The first-order valence-corrected chi connectivity index (χ1v) is 11.7. The summed E-state index contributed by atoms with van der Waals surface area (Å²) in [5.74, 6) is 0. The number of halogens is 2. The van der Waals surface area contributed by atoms with Gasteiger partial charge in [0, 0.05) is 16.6 Å². The van der Waals surface area contributed by atoms with Crippen LogP contribution in [-0.4, -0.2) is 15.0 Å². The molecule has 0 heterocycles. The highest BCUT2D eigenvalue weighted by Gasteiger charge is 2.14. The number of sulfonamides is 1. The third-order valence-corrected chi connectivity index (χ3v) is 6.10. The second kappa shape index (κ2) is 13.0. The molecule has 0 unspecified atom stereocenters. The summed E-state index contributed by atoms with van der Waals surface area (Å²) in [7, 11) is -3.54. The Balaban J connectivity index is 2.09. The largest absolute Gasteiger partial charge is 0.240 e. The van der Waals surface area contributed by atoms with Crippen LogP contribution in [0.15, 0.2) is 23.1 Å². The van der Waals surface area contributed by atoms with Gasteiger partial charge in [-0.05, 0) is 24.6 Å². The smallest absolute Gasteiger partial charge is 0.211 e. The molecule has 1 aromatic carbocycles. The van der Waals surface area contributed by atoms with Gasteiger partial charge in [0.15, 0.2) is 0 Å². The number of benzene rings is 1. The summed E-state index contributed by atoms with van der Waals surface area (Å²) in [5, 5.41) is 0.644. The summed E-state index contributed by atoms with van der Waals surface area (Å²) in [5.41, 5.74) is 0. The number of hydrogen-bond donors (Lipinski definition) is 1. The van der Waals surface area contributed by atoms with Gasteiger partial charge in [0.1, 0.15) is 0 Å². The van der Waals surface area contributed by atoms with Crippen LogP contribution in [0.2, 0.25) is 10.0 Å². The normalized spacial score (nSPS) is 11.8. The van der Waals surface area contributed by atoms with Crippen molar-refractivity contribution in [3.8, 4) is 0 Å². The molecule has 0 spiro atoms. The zero-order chi connectivity index (χ0) is 18.5. The molecule has 25 heavy (non-hydrogen) atoms. The fourth-order valence-corrected chi connectivity index (χ4v) is 4.56. The summed E-state index contributed by atoms with van der Waals surface area (Å²) >= 11 is 11.7. The molecule has 0 bridgehead atoms. The van der Waals surface area contributed by atoms with Gasteiger partial charge in [-0.3, -0.25) is 0 Å². The predicted octanol–water partition coefficient (Wildman–Crippen LogP) is 6.58. The lowest BCUT2D eigenvalue weighted by atomic mass is 10.1. The van der Waals surface area contributed by atoms with Gasteiger partial charge in [-0.1, -0.05) is 94.3 Å². The maximum Gasteiger partial charge on any atom is 0.240 e.